The molecule has 2 aromatic rings. The first kappa shape index (κ1) is 16.4. The zero-order valence-electron chi connectivity index (χ0n) is 13.0. The highest BCUT2D eigenvalue weighted by Crippen LogP contribution is 2.24. The van der Waals surface area contributed by atoms with Crippen molar-refractivity contribution in [3.63, 3.8) is 0 Å². The molecular weight excluding hydrogens is 298 g/mol. The van der Waals surface area contributed by atoms with Gasteiger partial charge in [0.1, 0.15) is 5.75 Å². The van der Waals surface area contributed by atoms with Gasteiger partial charge in [-0.15, -0.1) is 0 Å². The number of amides is 1. The number of methoxy groups -OCH3 is 1. The smallest absolute Gasteiger partial charge is 0.251 e. The second kappa shape index (κ2) is 7.32. The number of hydrogen-bond acceptors (Lipinski definition) is 2. The van der Waals surface area contributed by atoms with Crippen molar-refractivity contribution in [1.82, 2.24) is 5.32 Å². The van der Waals surface area contributed by atoms with Gasteiger partial charge in [-0.05, 0) is 54.8 Å². The first-order valence-corrected chi connectivity index (χ1v) is 7.64. The Morgan fingerprint density at radius 2 is 1.91 bits per heavy atom. The normalized spacial score (nSPS) is 11.8. The van der Waals surface area contributed by atoms with E-state index in [1.54, 1.807) is 31.4 Å². The molecular formula is C18H20ClNO2. The van der Waals surface area contributed by atoms with E-state index in [1.807, 2.05) is 26.0 Å². The highest BCUT2D eigenvalue weighted by atomic mass is 35.5. The molecule has 0 spiro atoms. The highest BCUT2D eigenvalue weighted by molar-refractivity contribution is 6.30. The standard InChI is InChI=1S/C18H20ClNO2/c1-4-16(14-7-10-17(22-3)12(2)11-14)20-18(21)13-5-8-15(19)9-6-13/h5-11,16H,4H2,1-3H3,(H,20,21)/t16-/m1/s1. The molecule has 3 nitrogen and oxygen atoms in total. The largest absolute Gasteiger partial charge is 0.496 e. The lowest BCUT2D eigenvalue weighted by Crippen LogP contribution is -2.28. The number of nitrogens with one attached hydrogen (secondary N) is 1. The predicted octanol–water partition coefficient (Wildman–Crippen LogP) is 4.54. The zero-order chi connectivity index (χ0) is 16.1. The van der Waals surface area contributed by atoms with E-state index in [1.165, 1.54) is 0 Å². The van der Waals surface area contributed by atoms with Crippen molar-refractivity contribution in [2.75, 3.05) is 7.11 Å². The van der Waals surface area contributed by atoms with Crippen LogP contribution in [0.2, 0.25) is 5.02 Å². The Morgan fingerprint density at radius 3 is 2.45 bits per heavy atom. The molecule has 0 saturated heterocycles. The number of ether oxygens (including phenoxy) is 1. The molecule has 0 bridgehead atoms. The summed E-state index contributed by atoms with van der Waals surface area (Å²) in [5, 5.41) is 3.68. The first-order chi connectivity index (χ1) is 10.5. The molecule has 0 radical (unpaired) electrons. The van der Waals surface area contributed by atoms with Crippen LogP contribution >= 0.6 is 11.6 Å². The van der Waals surface area contributed by atoms with E-state index in [2.05, 4.69) is 11.4 Å². The molecule has 1 N–H and O–H groups in total. The molecule has 22 heavy (non-hydrogen) atoms. The maximum Gasteiger partial charge on any atom is 0.251 e. The third-order valence-electron chi connectivity index (χ3n) is 3.64. The van der Waals surface area contributed by atoms with Gasteiger partial charge in [0.05, 0.1) is 13.2 Å². The first-order valence-electron chi connectivity index (χ1n) is 7.26. The van der Waals surface area contributed by atoms with E-state index in [0.717, 1.165) is 23.3 Å². The van der Waals surface area contributed by atoms with Crippen molar-refractivity contribution in [1.29, 1.82) is 0 Å². The van der Waals surface area contributed by atoms with Gasteiger partial charge in [-0.1, -0.05) is 30.7 Å². The van der Waals surface area contributed by atoms with Gasteiger partial charge in [-0.2, -0.15) is 0 Å². The van der Waals surface area contributed by atoms with Crippen molar-refractivity contribution in [3.8, 4) is 5.75 Å². The van der Waals surface area contributed by atoms with Gasteiger partial charge in [0, 0.05) is 10.6 Å². The SMILES string of the molecule is CC[C@@H](NC(=O)c1ccc(Cl)cc1)c1ccc(OC)c(C)c1. The molecule has 1 amide bonds. The summed E-state index contributed by atoms with van der Waals surface area (Å²) in [5.41, 5.74) is 2.73. The number of carbonyl (C=O) groups excluding carboxylic acids is 1. The van der Waals surface area contributed by atoms with E-state index in [4.69, 9.17) is 16.3 Å². The lowest BCUT2D eigenvalue weighted by Gasteiger charge is -2.19. The van der Waals surface area contributed by atoms with Crippen molar-refractivity contribution in [3.05, 3.63) is 64.2 Å². The summed E-state index contributed by atoms with van der Waals surface area (Å²) in [6, 6.07) is 12.8. The van der Waals surface area contributed by atoms with Gasteiger partial charge >= 0.3 is 0 Å². The van der Waals surface area contributed by atoms with Crippen LogP contribution in [0.1, 0.15) is 40.9 Å². The summed E-state index contributed by atoms with van der Waals surface area (Å²) >= 11 is 5.85. The quantitative estimate of drug-likeness (QED) is 0.879. The fourth-order valence-electron chi connectivity index (χ4n) is 2.38. The molecule has 4 heteroatoms. The van der Waals surface area contributed by atoms with Crippen LogP contribution in [0.4, 0.5) is 0 Å². The van der Waals surface area contributed by atoms with E-state index in [9.17, 15) is 4.79 Å². The van der Waals surface area contributed by atoms with Crippen molar-refractivity contribution >= 4 is 17.5 Å². The van der Waals surface area contributed by atoms with Crippen LogP contribution in [-0.4, -0.2) is 13.0 Å². The molecule has 0 fully saturated rings. The third-order valence-corrected chi connectivity index (χ3v) is 3.89. The van der Waals surface area contributed by atoms with Crippen LogP contribution in [0.3, 0.4) is 0 Å². The molecule has 0 saturated carbocycles. The Morgan fingerprint density at radius 1 is 1.23 bits per heavy atom. The van der Waals surface area contributed by atoms with Crippen LogP contribution in [0.25, 0.3) is 0 Å². The van der Waals surface area contributed by atoms with Gasteiger partial charge in [0.25, 0.3) is 5.91 Å². The van der Waals surface area contributed by atoms with E-state index < -0.39 is 0 Å². The molecule has 116 valence electrons. The Hall–Kier alpha value is -2.00. The fraction of sp³-hybridized carbons (Fsp3) is 0.278. The van der Waals surface area contributed by atoms with Crippen LogP contribution in [0.5, 0.6) is 5.75 Å². The number of rotatable bonds is 5. The van der Waals surface area contributed by atoms with E-state index in [0.29, 0.717) is 10.6 Å². The minimum absolute atomic E-state index is 0.0345. The number of carbonyl (C=O) groups is 1. The van der Waals surface area contributed by atoms with Gasteiger partial charge < -0.3 is 10.1 Å². The number of halogens is 1. The molecule has 0 aliphatic carbocycles. The topological polar surface area (TPSA) is 38.3 Å². The van der Waals surface area contributed by atoms with Crippen molar-refractivity contribution in [2.45, 2.75) is 26.3 Å². The summed E-state index contributed by atoms with van der Waals surface area (Å²) < 4.78 is 5.28. The Kier molecular flexibility index (Phi) is 5.45. The number of hydrogen-bond donors (Lipinski definition) is 1. The van der Waals surface area contributed by atoms with Gasteiger partial charge in [-0.3, -0.25) is 4.79 Å². The minimum Gasteiger partial charge on any atom is -0.496 e. The predicted molar refractivity (Wildman–Crippen MR) is 89.7 cm³/mol. The zero-order valence-corrected chi connectivity index (χ0v) is 13.8. The van der Waals surface area contributed by atoms with Crippen LogP contribution in [0, 0.1) is 6.92 Å². The molecule has 2 aromatic carbocycles. The highest BCUT2D eigenvalue weighted by Gasteiger charge is 2.15. The van der Waals surface area contributed by atoms with E-state index in [-0.39, 0.29) is 11.9 Å². The summed E-state index contributed by atoms with van der Waals surface area (Å²) in [6.07, 6.45) is 0.811. The summed E-state index contributed by atoms with van der Waals surface area (Å²) in [5.74, 6) is 0.750. The van der Waals surface area contributed by atoms with E-state index >= 15 is 0 Å². The number of benzene rings is 2. The molecule has 0 unspecified atom stereocenters. The van der Waals surface area contributed by atoms with Gasteiger partial charge in [0.15, 0.2) is 0 Å². The average Bonchev–Trinajstić information content (AvgIpc) is 2.53. The van der Waals surface area contributed by atoms with Crippen molar-refractivity contribution in [2.24, 2.45) is 0 Å². The van der Waals surface area contributed by atoms with Crippen molar-refractivity contribution < 1.29 is 9.53 Å². The summed E-state index contributed by atoms with van der Waals surface area (Å²) in [6.45, 7) is 4.04. The Labute approximate surface area is 136 Å². The molecule has 0 aliphatic heterocycles. The minimum atomic E-state index is -0.100. The molecule has 0 aliphatic rings. The molecule has 0 aromatic heterocycles. The number of aryl methyl sites for hydroxylation is 1. The second-order valence-corrected chi connectivity index (χ2v) is 5.61. The van der Waals surface area contributed by atoms with Gasteiger partial charge in [0.2, 0.25) is 0 Å². The Balaban J connectivity index is 2.16. The lowest BCUT2D eigenvalue weighted by atomic mass is 10.0. The van der Waals surface area contributed by atoms with Crippen LogP contribution < -0.4 is 10.1 Å². The Bertz CT molecular complexity index is 653. The summed E-state index contributed by atoms with van der Waals surface area (Å²) in [7, 11) is 1.65. The third kappa shape index (κ3) is 3.80. The lowest BCUT2D eigenvalue weighted by molar-refractivity contribution is 0.0935. The molecule has 2 rings (SSSR count). The summed E-state index contributed by atoms with van der Waals surface area (Å²) in [4.78, 5) is 12.3. The monoisotopic (exact) mass is 317 g/mol. The van der Waals surface area contributed by atoms with Gasteiger partial charge in [-0.25, -0.2) is 0 Å². The second-order valence-electron chi connectivity index (χ2n) is 5.17. The maximum absolute atomic E-state index is 12.3. The average molecular weight is 318 g/mol. The maximum atomic E-state index is 12.3. The molecule has 1 atom stereocenters. The fourth-order valence-corrected chi connectivity index (χ4v) is 2.51. The van der Waals surface area contributed by atoms with Crippen LogP contribution in [0.15, 0.2) is 42.5 Å². The van der Waals surface area contributed by atoms with Crippen LogP contribution in [-0.2, 0) is 0 Å². The molecule has 0 heterocycles.